The van der Waals surface area contributed by atoms with Crippen LogP contribution in [0.5, 0.6) is 0 Å². The van der Waals surface area contributed by atoms with E-state index in [0.717, 1.165) is 0 Å². The average Bonchev–Trinajstić information content (AvgIpc) is 2.94. The Hall–Kier alpha value is -2.28. The predicted octanol–water partition coefficient (Wildman–Crippen LogP) is 4.07. The summed E-state index contributed by atoms with van der Waals surface area (Å²) in [6.07, 6.45) is 2.23. The number of nitrogens with zero attached hydrogens (tertiary/aromatic N) is 1. The largest absolute Gasteiger partial charge is 0.308 e. The molecule has 0 atom stereocenters. The van der Waals surface area contributed by atoms with Crippen LogP contribution in [0.3, 0.4) is 0 Å². The number of hydrogen-bond donors (Lipinski definition) is 0. The maximum absolute atomic E-state index is 2.40. The summed E-state index contributed by atoms with van der Waals surface area (Å²) in [5.41, 5.74) is 5.33. The van der Waals surface area contributed by atoms with E-state index in [-0.39, 0.29) is 0 Å². The minimum absolute atomic E-state index is 1.30. The summed E-state index contributed by atoms with van der Waals surface area (Å²) in [7, 11) is 0. The zero-order chi connectivity index (χ0) is 13.0. The van der Waals surface area contributed by atoms with Gasteiger partial charge in [-0.1, -0.05) is 42.5 Å². The van der Waals surface area contributed by atoms with Gasteiger partial charge in [-0.15, -0.1) is 0 Å². The molecule has 2 heterocycles. The quantitative estimate of drug-likeness (QED) is 0.440. The molecule has 0 bridgehead atoms. The molecule has 0 aliphatic heterocycles. The summed E-state index contributed by atoms with van der Waals surface area (Å²) in [4.78, 5) is 0. The second-order valence-electron chi connectivity index (χ2n) is 5.05. The van der Waals surface area contributed by atoms with Crippen molar-refractivity contribution in [3.05, 3.63) is 59.3 Å². The van der Waals surface area contributed by atoms with E-state index in [1.807, 2.05) is 0 Å². The van der Waals surface area contributed by atoms with E-state index < -0.39 is 0 Å². The van der Waals surface area contributed by atoms with Crippen LogP contribution in [-0.2, 0) is 0 Å². The van der Waals surface area contributed by atoms with Crippen molar-refractivity contribution in [1.29, 1.82) is 0 Å². The fourth-order valence-electron chi connectivity index (χ4n) is 3.29. The van der Waals surface area contributed by atoms with Gasteiger partial charge in [0.05, 0.1) is 16.6 Å². The maximum Gasteiger partial charge on any atom is 0.0573 e. The van der Waals surface area contributed by atoms with Crippen LogP contribution in [0.2, 0.25) is 0 Å². The molecule has 0 aliphatic rings. The predicted molar refractivity (Wildman–Crippen MR) is 82.5 cm³/mol. The molecule has 2 aromatic carbocycles. The van der Waals surface area contributed by atoms with Gasteiger partial charge in [0.1, 0.15) is 0 Å². The Morgan fingerprint density at radius 3 is 2.11 bits per heavy atom. The van der Waals surface area contributed by atoms with Gasteiger partial charge in [0.15, 0.2) is 0 Å². The van der Waals surface area contributed by atoms with Gasteiger partial charge in [-0.3, -0.25) is 0 Å². The van der Waals surface area contributed by atoms with Gasteiger partial charge in [-0.05, 0) is 31.5 Å². The number of para-hydroxylation sites is 2. The molecule has 0 saturated carbocycles. The van der Waals surface area contributed by atoms with Gasteiger partial charge in [-0.2, -0.15) is 0 Å². The second kappa shape index (κ2) is 3.61. The van der Waals surface area contributed by atoms with E-state index in [0.29, 0.717) is 0 Å². The number of fused-ring (bicyclic) bond motifs is 5. The molecule has 1 heteroatoms. The van der Waals surface area contributed by atoms with Crippen molar-refractivity contribution in [2.24, 2.45) is 0 Å². The lowest BCUT2D eigenvalue weighted by atomic mass is 10.1. The Bertz CT molecular complexity index is 973. The van der Waals surface area contributed by atoms with E-state index in [1.54, 1.807) is 0 Å². The first-order valence-corrected chi connectivity index (χ1v) is 6.69. The fraction of sp³-hybridized carbons (Fsp3) is 0.111. The monoisotopic (exact) mass is 245 g/mol. The number of hydrogen-bond acceptors (Lipinski definition) is 0. The zero-order valence-electron chi connectivity index (χ0n) is 11.1. The molecule has 19 heavy (non-hydrogen) atoms. The molecular weight excluding hydrogens is 230 g/mol. The smallest absolute Gasteiger partial charge is 0.0573 e. The number of aromatic nitrogens is 1. The highest BCUT2D eigenvalue weighted by Crippen LogP contribution is 2.28. The standard InChI is InChI=1S/C18H15N/c1-3-13-15-9-5-7-11-17(15)19-16-10-6-4-8-14(16)12(2)18(13)19/h3-11H,1-2H3/b13-3-. The van der Waals surface area contributed by atoms with Crippen molar-refractivity contribution in [2.75, 3.05) is 0 Å². The minimum Gasteiger partial charge on any atom is -0.308 e. The molecular formula is C18H15N. The minimum atomic E-state index is 1.30. The van der Waals surface area contributed by atoms with Crippen molar-refractivity contribution >= 4 is 33.4 Å². The molecule has 0 spiro atoms. The van der Waals surface area contributed by atoms with Crippen LogP contribution in [0.4, 0.5) is 0 Å². The normalized spacial score (nSPS) is 13.1. The molecule has 0 amide bonds. The maximum atomic E-state index is 2.40. The molecule has 0 saturated heterocycles. The SMILES string of the molecule is C/C=c1/c2ccccc2n2c1c(C)c1ccccc12. The average molecular weight is 245 g/mol. The Morgan fingerprint density at radius 1 is 0.842 bits per heavy atom. The van der Waals surface area contributed by atoms with Gasteiger partial charge in [0, 0.05) is 16.0 Å². The molecule has 4 rings (SSSR count). The van der Waals surface area contributed by atoms with Crippen molar-refractivity contribution in [3.63, 3.8) is 0 Å². The third-order valence-electron chi connectivity index (χ3n) is 4.11. The number of aryl methyl sites for hydroxylation is 1. The Morgan fingerprint density at radius 2 is 1.42 bits per heavy atom. The molecule has 2 aromatic heterocycles. The number of rotatable bonds is 0. The molecule has 0 unspecified atom stereocenters. The highest BCUT2D eigenvalue weighted by molar-refractivity contribution is 6.01. The van der Waals surface area contributed by atoms with Gasteiger partial charge < -0.3 is 4.40 Å². The third kappa shape index (κ3) is 1.20. The Kier molecular flexibility index (Phi) is 2.02. The fourth-order valence-corrected chi connectivity index (χ4v) is 3.29. The molecule has 1 nitrogen and oxygen atoms in total. The first-order valence-electron chi connectivity index (χ1n) is 6.69. The van der Waals surface area contributed by atoms with E-state index in [9.17, 15) is 0 Å². The summed E-state index contributed by atoms with van der Waals surface area (Å²) >= 11 is 0. The van der Waals surface area contributed by atoms with Gasteiger partial charge in [0.2, 0.25) is 0 Å². The zero-order valence-corrected chi connectivity index (χ0v) is 11.1. The first-order chi connectivity index (χ1) is 9.33. The lowest BCUT2D eigenvalue weighted by molar-refractivity contribution is 1.35. The Balaban J connectivity index is 2.49. The van der Waals surface area contributed by atoms with Gasteiger partial charge in [-0.25, -0.2) is 0 Å². The third-order valence-corrected chi connectivity index (χ3v) is 4.11. The van der Waals surface area contributed by atoms with Crippen LogP contribution in [0.15, 0.2) is 48.5 Å². The topological polar surface area (TPSA) is 4.41 Å². The van der Waals surface area contributed by atoms with Crippen LogP contribution in [-0.4, -0.2) is 4.40 Å². The van der Waals surface area contributed by atoms with Crippen LogP contribution in [0, 0.1) is 6.92 Å². The van der Waals surface area contributed by atoms with Crippen LogP contribution in [0.1, 0.15) is 12.5 Å². The molecule has 0 radical (unpaired) electrons. The molecule has 0 fully saturated rings. The highest BCUT2D eigenvalue weighted by atomic mass is 14.9. The van der Waals surface area contributed by atoms with Gasteiger partial charge >= 0.3 is 0 Å². The summed E-state index contributed by atoms with van der Waals surface area (Å²) in [6, 6.07) is 17.3. The van der Waals surface area contributed by atoms with Crippen LogP contribution < -0.4 is 5.22 Å². The van der Waals surface area contributed by atoms with E-state index >= 15 is 0 Å². The van der Waals surface area contributed by atoms with Crippen LogP contribution >= 0.6 is 0 Å². The van der Waals surface area contributed by atoms with Crippen molar-refractivity contribution < 1.29 is 0 Å². The van der Waals surface area contributed by atoms with E-state index in [1.165, 1.54) is 38.1 Å². The van der Waals surface area contributed by atoms with Crippen molar-refractivity contribution in [1.82, 2.24) is 4.40 Å². The van der Waals surface area contributed by atoms with Crippen molar-refractivity contribution in [3.8, 4) is 0 Å². The molecule has 4 aromatic rings. The Labute approximate surface area is 111 Å². The van der Waals surface area contributed by atoms with E-state index in [2.05, 4.69) is 72.9 Å². The molecule has 92 valence electrons. The van der Waals surface area contributed by atoms with Crippen molar-refractivity contribution in [2.45, 2.75) is 13.8 Å². The van der Waals surface area contributed by atoms with Crippen LogP contribution in [0.25, 0.3) is 33.4 Å². The molecule has 0 N–H and O–H groups in total. The highest BCUT2D eigenvalue weighted by Gasteiger charge is 2.14. The first kappa shape index (κ1) is 10.6. The summed E-state index contributed by atoms with van der Waals surface area (Å²) < 4.78 is 2.40. The summed E-state index contributed by atoms with van der Waals surface area (Å²) in [5, 5.41) is 4.05. The second-order valence-corrected chi connectivity index (χ2v) is 5.05. The van der Waals surface area contributed by atoms with Gasteiger partial charge in [0.25, 0.3) is 0 Å². The lowest BCUT2D eigenvalue weighted by Gasteiger charge is -1.95. The summed E-state index contributed by atoms with van der Waals surface area (Å²) in [5.74, 6) is 0. The number of benzene rings is 2. The molecule has 0 aliphatic carbocycles. The van der Waals surface area contributed by atoms with E-state index in [4.69, 9.17) is 0 Å². The lowest BCUT2D eigenvalue weighted by Crippen LogP contribution is -1.97. The summed E-state index contributed by atoms with van der Waals surface area (Å²) in [6.45, 7) is 4.35.